The quantitative estimate of drug-likeness (QED) is 0.871. The largest absolute Gasteiger partial charge is 0.396 e. The van der Waals surface area contributed by atoms with E-state index in [-0.39, 0.29) is 21.2 Å². The van der Waals surface area contributed by atoms with Crippen LogP contribution in [0.15, 0.2) is 4.90 Å². The number of rotatable bonds is 6. The first kappa shape index (κ1) is 16.8. The van der Waals surface area contributed by atoms with Gasteiger partial charge in [0.1, 0.15) is 20.8 Å². The number of hydrogen-bond acceptors (Lipinski definition) is 6. The maximum Gasteiger partial charge on any atom is 0.183 e. The zero-order valence-electron chi connectivity index (χ0n) is 12.3. The minimum absolute atomic E-state index is 0.0228. The lowest BCUT2D eigenvalue weighted by molar-refractivity contribution is 0.594. The van der Waals surface area contributed by atoms with E-state index in [1.54, 1.807) is 6.92 Å². The molecular formula is C13H21N3O2S2. The molecule has 1 rings (SSSR count). The summed E-state index contributed by atoms with van der Waals surface area (Å²) in [6.07, 6.45) is 0. The van der Waals surface area contributed by atoms with Gasteiger partial charge in [-0.25, -0.2) is 8.42 Å². The van der Waals surface area contributed by atoms with E-state index in [9.17, 15) is 8.42 Å². The van der Waals surface area contributed by atoms with Gasteiger partial charge in [0.05, 0.1) is 11.4 Å². The van der Waals surface area contributed by atoms with Crippen molar-refractivity contribution in [1.29, 1.82) is 5.26 Å². The van der Waals surface area contributed by atoms with E-state index in [4.69, 9.17) is 11.0 Å². The van der Waals surface area contributed by atoms with Gasteiger partial charge in [-0.05, 0) is 12.8 Å². The molecule has 0 aromatic carbocycles. The second-order valence-corrected chi connectivity index (χ2v) is 8.14. The van der Waals surface area contributed by atoms with E-state index in [0.29, 0.717) is 17.5 Å². The van der Waals surface area contributed by atoms with Crippen molar-refractivity contribution in [2.24, 2.45) is 5.92 Å². The van der Waals surface area contributed by atoms with Crippen molar-refractivity contribution in [3.63, 3.8) is 0 Å². The van der Waals surface area contributed by atoms with Crippen molar-refractivity contribution in [1.82, 2.24) is 0 Å². The van der Waals surface area contributed by atoms with Gasteiger partial charge in [0.2, 0.25) is 0 Å². The van der Waals surface area contributed by atoms with Gasteiger partial charge in [0, 0.05) is 13.1 Å². The molecule has 0 amide bonds. The Kier molecular flexibility index (Phi) is 5.42. The van der Waals surface area contributed by atoms with E-state index in [1.807, 2.05) is 17.9 Å². The minimum atomic E-state index is -3.45. The fraction of sp³-hybridized carbons (Fsp3) is 0.615. The molecule has 0 radical (unpaired) electrons. The third kappa shape index (κ3) is 3.25. The van der Waals surface area contributed by atoms with Crippen LogP contribution in [0.2, 0.25) is 0 Å². The van der Waals surface area contributed by atoms with Crippen LogP contribution in [0, 0.1) is 17.2 Å². The van der Waals surface area contributed by atoms with Gasteiger partial charge in [-0.1, -0.05) is 20.8 Å². The Morgan fingerprint density at radius 2 is 2.00 bits per heavy atom. The van der Waals surface area contributed by atoms with Crippen molar-refractivity contribution in [3.05, 3.63) is 4.88 Å². The second kappa shape index (κ2) is 6.46. The lowest BCUT2D eigenvalue weighted by atomic mass is 10.2. The molecule has 1 aromatic heterocycles. The van der Waals surface area contributed by atoms with Crippen LogP contribution in [0.3, 0.4) is 0 Å². The highest BCUT2D eigenvalue weighted by Crippen LogP contribution is 2.41. The molecule has 0 aliphatic rings. The maximum atomic E-state index is 12.3. The van der Waals surface area contributed by atoms with Crippen LogP contribution in [-0.2, 0) is 9.84 Å². The summed E-state index contributed by atoms with van der Waals surface area (Å²) >= 11 is 1.16. The molecule has 0 spiro atoms. The van der Waals surface area contributed by atoms with Crippen LogP contribution < -0.4 is 10.6 Å². The lowest BCUT2D eigenvalue weighted by Gasteiger charge is -2.24. The molecule has 0 fully saturated rings. The second-order valence-electron chi connectivity index (χ2n) is 4.93. The van der Waals surface area contributed by atoms with E-state index < -0.39 is 9.84 Å². The maximum absolute atomic E-state index is 12.3. The molecule has 20 heavy (non-hydrogen) atoms. The molecule has 0 atom stereocenters. The molecule has 0 bridgehead atoms. The number of hydrogen-bond donors (Lipinski definition) is 1. The van der Waals surface area contributed by atoms with Gasteiger partial charge in [-0.2, -0.15) is 5.26 Å². The molecule has 1 heterocycles. The van der Waals surface area contributed by atoms with Crippen LogP contribution in [0.5, 0.6) is 0 Å². The summed E-state index contributed by atoms with van der Waals surface area (Å²) in [5.41, 5.74) is 5.98. The van der Waals surface area contributed by atoms with Crippen LogP contribution >= 0.6 is 11.3 Å². The predicted molar refractivity (Wildman–Crippen MR) is 83.9 cm³/mol. The van der Waals surface area contributed by atoms with Gasteiger partial charge in [-0.15, -0.1) is 11.3 Å². The number of nitrogen functional groups attached to an aromatic ring is 1. The number of sulfone groups is 1. The summed E-state index contributed by atoms with van der Waals surface area (Å²) in [4.78, 5) is 2.38. The number of nitrogens with two attached hydrogens (primary N) is 1. The Bertz CT molecular complexity index is 612. The summed E-state index contributed by atoms with van der Waals surface area (Å²) in [5, 5.41) is 9.69. The molecule has 0 aliphatic heterocycles. The highest BCUT2D eigenvalue weighted by molar-refractivity contribution is 7.91. The summed E-state index contributed by atoms with van der Waals surface area (Å²) in [7, 11) is -3.45. The summed E-state index contributed by atoms with van der Waals surface area (Å²) in [6.45, 7) is 9.09. The van der Waals surface area contributed by atoms with Crippen LogP contribution in [-0.4, -0.2) is 27.3 Å². The number of thiophene rings is 1. The fourth-order valence-electron chi connectivity index (χ4n) is 1.95. The average molecular weight is 315 g/mol. The molecule has 0 saturated carbocycles. The third-order valence-corrected chi connectivity index (χ3v) is 6.02. The monoisotopic (exact) mass is 315 g/mol. The molecule has 7 heteroatoms. The first-order valence-electron chi connectivity index (χ1n) is 6.58. The van der Waals surface area contributed by atoms with E-state index in [1.165, 1.54) is 0 Å². The van der Waals surface area contributed by atoms with Crippen molar-refractivity contribution in [2.75, 3.05) is 29.5 Å². The van der Waals surface area contributed by atoms with Crippen molar-refractivity contribution in [2.45, 2.75) is 32.6 Å². The summed E-state index contributed by atoms with van der Waals surface area (Å²) in [6, 6.07) is 1.99. The molecule has 0 saturated heterocycles. The van der Waals surface area contributed by atoms with Crippen molar-refractivity contribution >= 4 is 31.9 Å². The van der Waals surface area contributed by atoms with E-state index in [0.717, 1.165) is 17.9 Å². The summed E-state index contributed by atoms with van der Waals surface area (Å²) < 4.78 is 24.5. The Labute approximate surface area is 124 Å². The normalized spacial score (nSPS) is 11.6. The molecule has 112 valence electrons. The van der Waals surface area contributed by atoms with Crippen LogP contribution in [0.25, 0.3) is 0 Å². The van der Waals surface area contributed by atoms with E-state index in [2.05, 4.69) is 13.8 Å². The third-order valence-electron chi connectivity index (χ3n) is 2.93. The van der Waals surface area contributed by atoms with E-state index >= 15 is 0 Å². The number of anilines is 2. The highest BCUT2D eigenvalue weighted by atomic mass is 32.2. The Morgan fingerprint density at radius 1 is 1.40 bits per heavy atom. The highest BCUT2D eigenvalue weighted by Gasteiger charge is 2.28. The molecule has 1 aromatic rings. The zero-order valence-corrected chi connectivity index (χ0v) is 13.9. The van der Waals surface area contributed by atoms with Gasteiger partial charge in [-0.3, -0.25) is 0 Å². The Hall–Kier alpha value is -1.26. The van der Waals surface area contributed by atoms with Gasteiger partial charge in [0.25, 0.3) is 0 Å². The molecule has 0 unspecified atom stereocenters. The Morgan fingerprint density at radius 3 is 2.40 bits per heavy atom. The zero-order chi connectivity index (χ0) is 15.5. The summed E-state index contributed by atoms with van der Waals surface area (Å²) in [5.74, 6) is 0.367. The average Bonchev–Trinajstić information content (AvgIpc) is 2.73. The Balaban J connectivity index is 3.50. The number of nitrogens with zero attached hydrogens (tertiary/aromatic N) is 2. The molecular weight excluding hydrogens is 294 g/mol. The molecule has 0 aliphatic carbocycles. The van der Waals surface area contributed by atoms with Gasteiger partial charge < -0.3 is 10.6 Å². The SMILES string of the molecule is CCN(CC(C)C)c1sc(C#N)c(N)c1S(=O)(=O)CC. The van der Waals surface area contributed by atoms with Crippen LogP contribution in [0.4, 0.5) is 10.7 Å². The van der Waals surface area contributed by atoms with Crippen molar-refractivity contribution in [3.8, 4) is 6.07 Å². The first-order chi connectivity index (χ1) is 9.28. The fourth-order valence-corrected chi connectivity index (χ4v) is 4.63. The van der Waals surface area contributed by atoms with Gasteiger partial charge >= 0.3 is 0 Å². The minimum Gasteiger partial charge on any atom is -0.396 e. The predicted octanol–water partition coefficient (Wildman–Crippen LogP) is 2.48. The van der Waals surface area contributed by atoms with Crippen molar-refractivity contribution < 1.29 is 8.42 Å². The van der Waals surface area contributed by atoms with Gasteiger partial charge in [0.15, 0.2) is 9.84 Å². The lowest BCUT2D eigenvalue weighted by Crippen LogP contribution is -2.28. The first-order valence-corrected chi connectivity index (χ1v) is 9.05. The van der Waals surface area contributed by atoms with Crippen LogP contribution in [0.1, 0.15) is 32.6 Å². The smallest absolute Gasteiger partial charge is 0.183 e. The topological polar surface area (TPSA) is 87.2 Å². The number of nitriles is 1. The molecule has 2 N–H and O–H groups in total. The standard InChI is InChI=1S/C13H21N3O2S2/c1-5-16(8-9(3)4)13-12(20(17,18)6-2)11(15)10(7-14)19-13/h9H,5-6,8,15H2,1-4H3. The molecule has 5 nitrogen and oxygen atoms in total.